The molecule has 0 bridgehead atoms. The Bertz CT molecular complexity index is 150. The second-order valence-corrected chi connectivity index (χ2v) is 4.48. The molecule has 1 fully saturated rings. The maximum atomic E-state index is 11.0. The van der Waals surface area contributed by atoms with Crippen LogP contribution < -0.4 is 0 Å². The van der Waals surface area contributed by atoms with Gasteiger partial charge in [-0.15, -0.1) is 0 Å². The number of rotatable bonds is 2. The molecule has 0 saturated heterocycles. The average molecular weight is 168 g/mol. The van der Waals surface area contributed by atoms with Crippen LogP contribution in [0, 0.1) is 17.8 Å². The second-order valence-electron chi connectivity index (χ2n) is 4.48. The zero-order chi connectivity index (χ0) is 9.14. The van der Waals surface area contributed by atoms with Crippen molar-refractivity contribution in [3.8, 4) is 0 Å². The molecule has 0 aliphatic heterocycles. The number of hydrogen-bond donors (Lipinski definition) is 0. The number of Topliss-reactive ketones (excluding diaryl/α,β-unsaturated/α-hetero) is 1. The fraction of sp³-hybridized carbons (Fsp3) is 0.909. The monoisotopic (exact) mass is 168 g/mol. The van der Waals surface area contributed by atoms with Crippen LogP contribution in [-0.2, 0) is 4.79 Å². The third-order valence-corrected chi connectivity index (χ3v) is 3.38. The molecule has 1 unspecified atom stereocenters. The minimum absolute atomic E-state index is 0.474. The van der Waals surface area contributed by atoms with Gasteiger partial charge in [0.1, 0.15) is 5.78 Å². The molecule has 12 heavy (non-hydrogen) atoms. The molecule has 0 amide bonds. The van der Waals surface area contributed by atoms with Crippen LogP contribution in [0.1, 0.15) is 46.5 Å². The van der Waals surface area contributed by atoms with Crippen molar-refractivity contribution in [1.29, 1.82) is 0 Å². The molecule has 1 nitrogen and oxygen atoms in total. The maximum absolute atomic E-state index is 11.0. The van der Waals surface area contributed by atoms with E-state index >= 15 is 0 Å². The predicted octanol–water partition coefficient (Wildman–Crippen LogP) is 3.04. The van der Waals surface area contributed by atoms with Gasteiger partial charge in [-0.3, -0.25) is 4.79 Å². The van der Waals surface area contributed by atoms with Gasteiger partial charge in [-0.1, -0.05) is 20.8 Å². The predicted molar refractivity (Wildman–Crippen MR) is 51.0 cm³/mol. The van der Waals surface area contributed by atoms with E-state index in [0.29, 0.717) is 5.78 Å². The van der Waals surface area contributed by atoms with Gasteiger partial charge in [-0.2, -0.15) is 0 Å². The standard InChI is InChI=1S/C11H20O/c1-8(2)9(3)10-4-6-11(12)7-5-10/h8-10H,4-7H2,1-3H3. The van der Waals surface area contributed by atoms with E-state index in [-0.39, 0.29) is 0 Å². The van der Waals surface area contributed by atoms with Gasteiger partial charge < -0.3 is 0 Å². The first-order chi connectivity index (χ1) is 5.61. The molecule has 1 atom stereocenters. The van der Waals surface area contributed by atoms with Gasteiger partial charge in [0, 0.05) is 12.8 Å². The average Bonchev–Trinajstić information content (AvgIpc) is 2.04. The Balaban J connectivity index is 2.38. The van der Waals surface area contributed by atoms with Gasteiger partial charge >= 0.3 is 0 Å². The Morgan fingerprint density at radius 3 is 2.08 bits per heavy atom. The van der Waals surface area contributed by atoms with Crippen molar-refractivity contribution in [3.05, 3.63) is 0 Å². The van der Waals surface area contributed by atoms with Crippen LogP contribution in [0.5, 0.6) is 0 Å². The fourth-order valence-corrected chi connectivity index (χ4v) is 2.03. The summed E-state index contributed by atoms with van der Waals surface area (Å²) in [5.74, 6) is 2.84. The molecule has 0 radical (unpaired) electrons. The molecule has 1 rings (SSSR count). The van der Waals surface area contributed by atoms with E-state index in [0.717, 1.165) is 43.4 Å². The Labute approximate surface area is 75.5 Å². The fourth-order valence-electron chi connectivity index (χ4n) is 2.03. The van der Waals surface area contributed by atoms with E-state index in [2.05, 4.69) is 20.8 Å². The van der Waals surface area contributed by atoms with Crippen molar-refractivity contribution in [2.75, 3.05) is 0 Å². The summed E-state index contributed by atoms with van der Waals surface area (Å²) in [4.78, 5) is 11.0. The Kier molecular flexibility index (Phi) is 3.30. The van der Waals surface area contributed by atoms with Gasteiger partial charge in [0.15, 0.2) is 0 Å². The molecular weight excluding hydrogens is 148 g/mol. The molecule has 0 spiro atoms. The van der Waals surface area contributed by atoms with Gasteiger partial charge in [0.05, 0.1) is 0 Å². The van der Waals surface area contributed by atoms with Crippen molar-refractivity contribution >= 4 is 5.78 Å². The van der Waals surface area contributed by atoms with Crippen LogP contribution in [-0.4, -0.2) is 5.78 Å². The number of hydrogen-bond acceptors (Lipinski definition) is 1. The van der Waals surface area contributed by atoms with Gasteiger partial charge in [0.2, 0.25) is 0 Å². The molecule has 0 N–H and O–H groups in total. The zero-order valence-electron chi connectivity index (χ0n) is 8.47. The van der Waals surface area contributed by atoms with Gasteiger partial charge in [-0.25, -0.2) is 0 Å². The molecule has 0 aromatic carbocycles. The molecule has 1 heteroatoms. The first-order valence-corrected chi connectivity index (χ1v) is 5.13. The summed E-state index contributed by atoms with van der Waals surface area (Å²) < 4.78 is 0. The Hall–Kier alpha value is -0.330. The third-order valence-electron chi connectivity index (χ3n) is 3.38. The first-order valence-electron chi connectivity index (χ1n) is 5.13. The summed E-state index contributed by atoms with van der Waals surface area (Å²) >= 11 is 0. The lowest BCUT2D eigenvalue weighted by Crippen LogP contribution is -2.23. The Morgan fingerprint density at radius 2 is 1.67 bits per heavy atom. The summed E-state index contributed by atoms with van der Waals surface area (Å²) in [5, 5.41) is 0. The largest absolute Gasteiger partial charge is 0.300 e. The molecule has 0 aromatic rings. The molecular formula is C11H20O. The first kappa shape index (κ1) is 9.76. The lowest BCUT2D eigenvalue weighted by atomic mass is 9.76. The minimum Gasteiger partial charge on any atom is -0.300 e. The summed E-state index contributed by atoms with van der Waals surface area (Å²) in [6, 6.07) is 0. The topological polar surface area (TPSA) is 17.1 Å². The molecule has 1 aliphatic carbocycles. The highest BCUT2D eigenvalue weighted by molar-refractivity contribution is 5.79. The van der Waals surface area contributed by atoms with Crippen molar-refractivity contribution in [2.24, 2.45) is 17.8 Å². The van der Waals surface area contributed by atoms with Crippen LogP contribution in [0.25, 0.3) is 0 Å². The van der Waals surface area contributed by atoms with Crippen LogP contribution in [0.3, 0.4) is 0 Å². The van der Waals surface area contributed by atoms with Crippen molar-refractivity contribution < 1.29 is 4.79 Å². The molecule has 1 aliphatic rings. The summed E-state index contributed by atoms with van der Waals surface area (Å²) in [6.45, 7) is 6.88. The highest BCUT2D eigenvalue weighted by Crippen LogP contribution is 2.32. The Morgan fingerprint density at radius 1 is 1.17 bits per heavy atom. The van der Waals surface area contributed by atoms with Crippen molar-refractivity contribution in [3.63, 3.8) is 0 Å². The second kappa shape index (κ2) is 4.06. The van der Waals surface area contributed by atoms with Crippen LogP contribution in [0.4, 0.5) is 0 Å². The van der Waals surface area contributed by atoms with Crippen LogP contribution in [0.2, 0.25) is 0 Å². The molecule has 0 heterocycles. The van der Waals surface area contributed by atoms with E-state index < -0.39 is 0 Å². The summed E-state index contributed by atoms with van der Waals surface area (Å²) in [6.07, 6.45) is 3.94. The van der Waals surface area contributed by atoms with Crippen molar-refractivity contribution in [2.45, 2.75) is 46.5 Å². The van der Waals surface area contributed by atoms with Crippen molar-refractivity contribution in [1.82, 2.24) is 0 Å². The quantitative estimate of drug-likeness (QED) is 0.619. The number of ketones is 1. The molecule has 0 aromatic heterocycles. The van der Waals surface area contributed by atoms with E-state index in [4.69, 9.17) is 0 Å². The van der Waals surface area contributed by atoms with E-state index in [1.165, 1.54) is 0 Å². The van der Waals surface area contributed by atoms with Crippen LogP contribution in [0.15, 0.2) is 0 Å². The van der Waals surface area contributed by atoms with E-state index in [1.807, 2.05) is 0 Å². The molecule has 70 valence electrons. The highest BCUT2D eigenvalue weighted by Gasteiger charge is 2.24. The lowest BCUT2D eigenvalue weighted by molar-refractivity contribution is -0.121. The number of carbonyl (C=O) groups is 1. The van der Waals surface area contributed by atoms with E-state index in [1.54, 1.807) is 0 Å². The smallest absolute Gasteiger partial charge is 0.132 e. The zero-order valence-corrected chi connectivity index (χ0v) is 8.47. The van der Waals surface area contributed by atoms with Gasteiger partial charge in [-0.05, 0) is 30.6 Å². The minimum atomic E-state index is 0.474. The number of carbonyl (C=O) groups excluding carboxylic acids is 1. The third kappa shape index (κ3) is 2.33. The maximum Gasteiger partial charge on any atom is 0.132 e. The summed E-state index contributed by atoms with van der Waals surface area (Å²) in [7, 11) is 0. The summed E-state index contributed by atoms with van der Waals surface area (Å²) in [5.41, 5.74) is 0. The molecule has 1 saturated carbocycles. The highest BCUT2D eigenvalue weighted by atomic mass is 16.1. The SMILES string of the molecule is CC(C)C(C)C1CCC(=O)CC1. The van der Waals surface area contributed by atoms with E-state index in [9.17, 15) is 4.79 Å². The normalized spacial score (nSPS) is 23.2. The van der Waals surface area contributed by atoms with Gasteiger partial charge in [0.25, 0.3) is 0 Å². The van der Waals surface area contributed by atoms with Crippen LogP contribution >= 0.6 is 0 Å². The lowest BCUT2D eigenvalue weighted by Gasteiger charge is -2.29.